The van der Waals surface area contributed by atoms with E-state index >= 15 is 0 Å². The molecule has 0 radical (unpaired) electrons. The topological polar surface area (TPSA) is 84.9 Å². The van der Waals surface area contributed by atoms with Crippen LogP contribution in [-0.2, 0) is 10.0 Å². The van der Waals surface area contributed by atoms with Gasteiger partial charge in [-0.1, -0.05) is 12.8 Å². The van der Waals surface area contributed by atoms with Crippen molar-refractivity contribution in [2.45, 2.75) is 42.7 Å². The predicted octanol–water partition coefficient (Wildman–Crippen LogP) is 1.04. The molecule has 1 aliphatic carbocycles. The van der Waals surface area contributed by atoms with E-state index in [1.165, 1.54) is 12.1 Å². The van der Waals surface area contributed by atoms with E-state index in [0.29, 0.717) is 37.6 Å². The molecule has 6 nitrogen and oxygen atoms in total. The van der Waals surface area contributed by atoms with Gasteiger partial charge in [-0.15, -0.1) is 0 Å². The first-order valence-electron chi connectivity index (χ1n) is 7.16. The van der Waals surface area contributed by atoms with Gasteiger partial charge in [-0.05, 0) is 25.0 Å². The molecule has 116 valence electrons. The standard InChI is InChI=1S/C14H19NO5S/c16-12-4-2-1-3-11(12)15-21(17,18)10-5-6-13-14(9-10)20-8-7-19-13/h5-6,9,11-12,15-16H,1-4,7-8H2. The molecule has 1 aromatic rings. The van der Waals surface area contributed by atoms with Crippen molar-refractivity contribution in [1.82, 2.24) is 4.72 Å². The summed E-state index contributed by atoms with van der Waals surface area (Å²) < 4.78 is 38.2. The fraction of sp³-hybridized carbons (Fsp3) is 0.571. The summed E-state index contributed by atoms with van der Waals surface area (Å²) in [5.74, 6) is 0.992. The lowest BCUT2D eigenvalue weighted by Gasteiger charge is -2.28. The van der Waals surface area contributed by atoms with E-state index < -0.39 is 22.2 Å². The monoisotopic (exact) mass is 313 g/mol. The predicted molar refractivity (Wildman–Crippen MR) is 76.0 cm³/mol. The van der Waals surface area contributed by atoms with Crippen molar-refractivity contribution in [2.24, 2.45) is 0 Å². The van der Waals surface area contributed by atoms with Crippen LogP contribution in [0.1, 0.15) is 25.7 Å². The van der Waals surface area contributed by atoms with Gasteiger partial charge in [0.15, 0.2) is 11.5 Å². The molecule has 7 heteroatoms. The normalized spacial score (nSPS) is 25.6. The molecule has 0 amide bonds. The molecule has 2 N–H and O–H groups in total. The van der Waals surface area contributed by atoms with Gasteiger partial charge in [0, 0.05) is 12.1 Å². The second-order valence-corrected chi connectivity index (χ2v) is 7.10. The van der Waals surface area contributed by atoms with Gasteiger partial charge in [-0.25, -0.2) is 13.1 Å². The van der Waals surface area contributed by atoms with Crippen LogP contribution >= 0.6 is 0 Å². The number of sulfonamides is 1. The molecule has 0 bridgehead atoms. The number of aliphatic hydroxyl groups excluding tert-OH is 1. The Morgan fingerprint density at radius 2 is 1.81 bits per heavy atom. The fourth-order valence-corrected chi connectivity index (χ4v) is 4.03. The van der Waals surface area contributed by atoms with Crippen molar-refractivity contribution < 1.29 is 23.0 Å². The number of benzene rings is 1. The van der Waals surface area contributed by atoms with Gasteiger partial charge in [-0.3, -0.25) is 0 Å². The van der Waals surface area contributed by atoms with E-state index in [4.69, 9.17) is 9.47 Å². The first-order chi connectivity index (χ1) is 10.1. The summed E-state index contributed by atoms with van der Waals surface area (Å²) in [6.45, 7) is 0.872. The molecular formula is C14H19NO5S. The Kier molecular flexibility index (Phi) is 4.05. The summed E-state index contributed by atoms with van der Waals surface area (Å²) in [7, 11) is -3.67. The largest absolute Gasteiger partial charge is 0.486 e. The van der Waals surface area contributed by atoms with E-state index in [1.807, 2.05) is 0 Å². The smallest absolute Gasteiger partial charge is 0.241 e. The molecule has 0 saturated heterocycles. The van der Waals surface area contributed by atoms with Crippen LogP contribution in [0, 0.1) is 0 Å². The summed E-state index contributed by atoms with van der Waals surface area (Å²) in [4.78, 5) is 0.129. The molecule has 1 aromatic carbocycles. The third-order valence-corrected chi connectivity index (χ3v) is 5.35. The number of hydrogen-bond acceptors (Lipinski definition) is 5. The molecule has 1 aliphatic heterocycles. The first kappa shape index (κ1) is 14.6. The highest BCUT2D eigenvalue weighted by Gasteiger charge is 2.28. The maximum absolute atomic E-state index is 12.4. The molecule has 1 heterocycles. The zero-order valence-corrected chi connectivity index (χ0v) is 12.4. The zero-order chi connectivity index (χ0) is 14.9. The Morgan fingerprint density at radius 1 is 1.10 bits per heavy atom. The molecule has 2 aliphatic rings. The van der Waals surface area contributed by atoms with Gasteiger partial charge in [0.05, 0.1) is 11.0 Å². The molecule has 21 heavy (non-hydrogen) atoms. The summed E-state index contributed by atoms with van der Waals surface area (Å²) in [5.41, 5.74) is 0. The number of aliphatic hydroxyl groups is 1. The minimum absolute atomic E-state index is 0.129. The van der Waals surface area contributed by atoms with Crippen LogP contribution in [0.3, 0.4) is 0 Å². The first-order valence-corrected chi connectivity index (χ1v) is 8.65. The van der Waals surface area contributed by atoms with Crippen LogP contribution in [0.4, 0.5) is 0 Å². The SMILES string of the molecule is O=S(=O)(NC1CCCCC1O)c1ccc2c(c1)OCCO2. The van der Waals surface area contributed by atoms with Crippen LogP contribution in [0.15, 0.2) is 23.1 Å². The molecule has 1 fully saturated rings. The molecule has 0 aromatic heterocycles. The lowest BCUT2D eigenvalue weighted by atomic mass is 9.93. The molecule has 1 saturated carbocycles. The van der Waals surface area contributed by atoms with Crippen LogP contribution < -0.4 is 14.2 Å². The average molecular weight is 313 g/mol. The minimum Gasteiger partial charge on any atom is -0.486 e. The zero-order valence-electron chi connectivity index (χ0n) is 11.6. The van der Waals surface area contributed by atoms with Gasteiger partial charge < -0.3 is 14.6 Å². The lowest BCUT2D eigenvalue weighted by Crippen LogP contribution is -2.44. The Labute approximate surface area is 124 Å². The van der Waals surface area contributed by atoms with Gasteiger partial charge in [0.25, 0.3) is 0 Å². The maximum atomic E-state index is 12.4. The van der Waals surface area contributed by atoms with Crippen molar-refractivity contribution in [1.29, 1.82) is 0 Å². The van der Waals surface area contributed by atoms with Crippen LogP contribution in [0.25, 0.3) is 0 Å². The number of fused-ring (bicyclic) bond motifs is 1. The van der Waals surface area contributed by atoms with Gasteiger partial charge >= 0.3 is 0 Å². The molecule has 2 unspecified atom stereocenters. The number of hydrogen-bond donors (Lipinski definition) is 2. The highest BCUT2D eigenvalue weighted by molar-refractivity contribution is 7.89. The molecule has 0 spiro atoms. The van der Waals surface area contributed by atoms with Crippen molar-refractivity contribution in [3.05, 3.63) is 18.2 Å². The van der Waals surface area contributed by atoms with Crippen LogP contribution in [0.5, 0.6) is 11.5 Å². The quantitative estimate of drug-likeness (QED) is 0.871. The van der Waals surface area contributed by atoms with Gasteiger partial charge in [0.2, 0.25) is 10.0 Å². The van der Waals surface area contributed by atoms with E-state index in [9.17, 15) is 13.5 Å². The Balaban J connectivity index is 1.81. The average Bonchev–Trinajstić information content (AvgIpc) is 2.49. The van der Waals surface area contributed by atoms with E-state index in [2.05, 4.69) is 4.72 Å². The fourth-order valence-electron chi connectivity index (χ4n) is 2.71. The third kappa shape index (κ3) is 3.14. The third-order valence-electron chi connectivity index (χ3n) is 3.86. The Hall–Kier alpha value is -1.31. The van der Waals surface area contributed by atoms with Crippen molar-refractivity contribution in [2.75, 3.05) is 13.2 Å². The van der Waals surface area contributed by atoms with Gasteiger partial charge in [-0.2, -0.15) is 0 Å². The summed E-state index contributed by atoms with van der Waals surface area (Å²) in [6.07, 6.45) is 2.53. The second-order valence-electron chi connectivity index (χ2n) is 5.39. The molecular weight excluding hydrogens is 294 g/mol. The van der Waals surface area contributed by atoms with Crippen LogP contribution in [0.2, 0.25) is 0 Å². The second kappa shape index (κ2) is 5.82. The van der Waals surface area contributed by atoms with E-state index in [0.717, 1.165) is 12.8 Å². The number of nitrogens with one attached hydrogen (secondary N) is 1. The summed E-state index contributed by atoms with van der Waals surface area (Å²) in [6, 6.07) is 4.13. The van der Waals surface area contributed by atoms with E-state index in [1.54, 1.807) is 6.07 Å². The molecule has 3 rings (SSSR count). The maximum Gasteiger partial charge on any atom is 0.241 e. The van der Waals surface area contributed by atoms with Crippen molar-refractivity contribution >= 4 is 10.0 Å². The molecule has 2 atom stereocenters. The lowest BCUT2D eigenvalue weighted by molar-refractivity contribution is 0.101. The van der Waals surface area contributed by atoms with Crippen molar-refractivity contribution in [3.8, 4) is 11.5 Å². The highest BCUT2D eigenvalue weighted by atomic mass is 32.2. The highest BCUT2D eigenvalue weighted by Crippen LogP contribution is 2.32. The summed E-state index contributed by atoms with van der Waals surface area (Å²) in [5, 5.41) is 9.90. The van der Waals surface area contributed by atoms with E-state index in [-0.39, 0.29) is 4.90 Å². The van der Waals surface area contributed by atoms with Gasteiger partial charge in [0.1, 0.15) is 13.2 Å². The number of ether oxygens (including phenoxy) is 2. The van der Waals surface area contributed by atoms with Crippen LogP contribution in [-0.4, -0.2) is 38.9 Å². The Morgan fingerprint density at radius 3 is 2.57 bits per heavy atom. The minimum atomic E-state index is -3.67. The summed E-state index contributed by atoms with van der Waals surface area (Å²) >= 11 is 0. The number of rotatable bonds is 3. The Bertz CT molecular complexity index is 616. The van der Waals surface area contributed by atoms with Crippen molar-refractivity contribution in [3.63, 3.8) is 0 Å².